The van der Waals surface area contributed by atoms with Gasteiger partial charge in [0.25, 0.3) is 5.91 Å². The Hall–Kier alpha value is -1.84. The van der Waals surface area contributed by atoms with Crippen LogP contribution in [-0.2, 0) is 0 Å². The summed E-state index contributed by atoms with van der Waals surface area (Å²) in [6.07, 6.45) is 0.889. The monoisotopic (exact) mass is 314 g/mol. The molecule has 1 amide bonds. The van der Waals surface area contributed by atoms with Crippen molar-refractivity contribution in [2.24, 2.45) is 5.73 Å². The molecule has 1 aliphatic rings. The molecule has 2 atom stereocenters. The molecule has 4 heteroatoms. The summed E-state index contributed by atoms with van der Waals surface area (Å²) in [6, 6.07) is 17.2. The van der Waals surface area contributed by atoms with E-state index in [9.17, 15) is 4.79 Å². The Bertz CT molecular complexity index is 642. The first-order valence-corrected chi connectivity index (χ1v) is 7.86. The number of amides is 1. The lowest BCUT2D eigenvalue weighted by Gasteiger charge is -2.36. The number of hydrogen-bond acceptors (Lipinski definition) is 2. The van der Waals surface area contributed by atoms with Crippen LogP contribution in [0.3, 0.4) is 0 Å². The Labute approximate surface area is 135 Å². The number of nitrogens with two attached hydrogens (primary N) is 1. The molecule has 3 nitrogen and oxygen atoms in total. The van der Waals surface area contributed by atoms with Crippen LogP contribution in [0.1, 0.15) is 28.3 Å². The molecule has 0 aliphatic carbocycles. The summed E-state index contributed by atoms with van der Waals surface area (Å²) in [6.45, 7) is 1.31. The van der Waals surface area contributed by atoms with Gasteiger partial charge in [-0.25, -0.2) is 0 Å². The van der Waals surface area contributed by atoms with E-state index < -0.39 is 0 Å². The average Bonchev–Trinajstić information content (AvgIpc) is 2.55. The van der Waals surface area contributed by atoms with Crippen molar-refractivity contribution in [3.63, 3.8) is 0 Å². The van der Waals surface area contributed by atoms with E-state index in [1.54, 1.807) is 0 Å². The molecule has 1 fully saturated rings. The lowest BCUT2D eigenvalue weighted by Crippen LogP contribution is -2.48. The number of carbonyl (C=O) groups excluding carboxylic acids is 1. The van der Waals surface area contributed by atoms with Crippen molar-refractivity contribution in [3.05, 3.63) is 70.7 Å². The van der Waals surface area contributed by atoms with Crippen molar-refractivity contribution in [1.82, 2.24) is 4.90 Å². The van der Waals surface area contributed by atoms with Gasteiger partial charge in [-0.3, -0.25) is 4.79 Å². The van der Waals surface area contributed by atoms with E-state index >= 15 is 0 Å². The van der Waals surface area contributed by atoms with Gasteiger partial charge in [0.2, 0.25) is 0 Å². The van der Waals surface area contributed by atoms with Crippen molar-refractivity contribution in [2.75, 3.05) is 13.1 Å². The molecule has 114 valence electrons. The molecular weight excluding hydrogens is 296 g/mol. The van der Waals surface area contributed by atoms with Gasteiger partial charge in [0, 0.05) is 35.6 Å². The molecule has 0 aromatic heterocycles. The SMILES string of the molecule is NC1CC(c2ccc(Cl)cc2)CN(C(=O)c2ccccc2)C1. The van der Waals surface area contributed by atoms with Crippen LogP contribution >= 0.6 is 11.6 Å². The lowest BCUT2D eigenvalue weighted by molar-refractivity contribution is 0.0689. The normalized spacial score (nSPS) is 21.6. The standard InChI is InChI=1S/C18H19ClN2O/c19-16-8-6-13(7-9-16)15-10-17(20)12-21(11-15)18(22)14-4-2-1-3-5-14/h1-9,15,17H,10-12,20H2. The third-order valence-corrected chi connectivity index (χ3v) is 4.38. The Morgan fingerprint density at radius 3 is 2.41 bits per heavy atom. The Morgan fingerprint density at radius 2 is 1.73 bits per heavy atom. The van der Waals surface area contributed by atoms with Gasteiger partial charge in [0.1, 0.15) is 0 Å². The van der Waals surface area contributed by atoms with Gasteiger partial charge in [-0.1, -0.05) is 41.9 Å². The van der Waals surface area contributed by atoms with Crippen molar-refractivity contribution in [3.8, 4) is 0 Å². The zero-order chi connectivity index (χ0) is 15.5. The summed E-state index contributed by atoms with van der Waals surface area (Å²) in [7, 11) is 0. The summed E-state index contributed by atoms with van der Waals surface area (Å²) in [5, 5.41) is 0.723. The van der Waals surface area contributed by atoms with E-state index in [2.05, 4.69) is 0 Å². The molecule has 0 spiro atoms. The predicted octanol–water partition coefficient (Wildman–Crippen LogP) is 3.30. The van der Waals surface area contributed by atoms with Crippen LogP contribution in [0.25, 0.3) is 0 Å². The second-order valence-corrected chi connectivity index (χ2v) is 6.26. The van der Waals surface area contributed by atoms with E-state index in [1.807, 2.05) is 59.5 Å². The molecule has 0 saturated carbocycles. The van der Waals surface area contributed by atoms with E-state index in [0.717, 1.165) is 11.4 Å². The number of hydrogen-bond donors (Lipinski definition) is 1. The fourth-order valence-electron chi connectivity index (χ4n) is 3.04. The second-order valence-electron chi connectivity index (χ2n) is 5.82. The summed E-state index contributed by atoms with van der Waals surface area (Å²) < 4.78 is 0. The van der Waals surface area contributed by atoms with Crippen LogP contribution in [-0.4, -0.2) is 29.9 Å². The smallest absolute Gasteiger partial charge is 0.253 e. The number of likely N-dealkylation sites (tertiary alicyclic amines) is 1. The maximum absolute atomic E-state index is 12.6. The minimum absolute atomic E-state index is 0.00194. The Kier molecular flexibility index (Phi) is 4.46. The Morgan fingerprint density at radius 1 is 1.05 bits per heavy atom. The molecule has 2 N–H and O–H groups in total. The van der Waals surface area contributed by atoms with E-state index in [1.165, 1.54) is 5.56 Å². The van der Waals surface area contributed by atoms with Gasteiger partial charge in [0.05, 0.1) is 0 Å². The first-order valence-electron chi connectivity index (χ1n) is 7.49. The van der Waals surface area contributed by atoms with Crippen molar-refractivity contribution in [2.45, 2.75) is 18.4 Å². The first kappa shape index (κ1) is 15.1. The van der Waals surface area contributed by atoms with E-state index in [4.69, 9.17) is 17.3 Å². The second kappa shape index (κ2) is 6.51. The summed E-state index contributed by atoms with van der Waals surface area (Å²) >= 11 is 5.95. The summed E-state index contributed by atoms with van der Waals surface area (Å²) in [5.41, 5.74) is 8.08. The highest BCUT2D eigenvalue weighted by atomic mass is 35.5. The van der Waals surface area contributed by atoms with Crippen LogP contribution in [0.15, 0.2) is 54.6 Å². The van der Waals surface area contributed by atoms with Crippen molar-refractivity contribution < 1.29 is 4.79 Å². The average molecular weight is 315 g/mol. The summed E-state index contributed by atoms with van der Waals surface area (Å²) in [4.78, 5) is 14.5. The predicted molar refractivity (Wildman–Crippen MR) is 89.1 cm³/mol. The maximum atomic E-state index is 12.6. The molecule has 2 aromatic rings. The largest absolute Gasteiger partial charge is 0.336 e. The molecule has 1 saturated heterocycles. The van der Waals surface area contributed by atoms with Crippen molar-refractivity contribution >= 4 is 17.5 Å². The third kappa shape index (κ3) is 3.32. The summed E-state index contributed by atoms with van der Waals surface area (Å²) in [5.74, 6) is 0.309. The molecule has 1 aliphatic heterocycles. The van der Waals surface area contributed by atoms with Gasteiger partial charge < -0.3 is 10.6 Å². The van der Waals surface area contributed by atoms with Gasteiger partial charge in [-0.05, 0) is 36.2 Å². The lowest BCUT2D eigenvalue weighted by atomic mass is 9.88. The molecule has 22 heavy (non-hydrogen) atoms. The van der Waals surface area contributed by atoms with E-state index in [0.29, 0.717) is 18.7 Å². The molecule has 2 unspecified atom stereocenters. The van der Waals surface area contributed by atoms with Crippen LogP contribution in [0, 0.1) is 0 Å². The molecule has 0 radical (unpaired) electrons. The molecule has 0 bridgehead atoms. The van der Waals surface area contributed by atoms with Crippen molar-refractivity contribution in [1.29, 1.82) is 0 Å². The molecule has 3 rings (SSSR count). The molecular formula is C18H19ClN2O. The van der Waals surface area contributed by atoms with Crippen LogP contribution in [0.5, 0.6) is 0 Å². The topological polar surface area (TPSA) is 46.3 Å². The minimum atomic E-state index is 0.00194. The van der Waals surface area contributed by atoms with Crippen LogP contribution in [0.2, 0.25) is 5.02 Å². The Balaban J connectivity index is 1.79. The zero-order valence-electron chi connectivity index (χ0n) is 12.3. The van der Waals surface area contributed by atoms with E-state index in [-0.39, 0.29) is 17.9 Å². The first-order chi connectivity index (χ1) is 10.6. The fraction of sp³-hybridized carbons (Fsp3) is 0.278. The number of nitrogens with zero attached hydrogens (tertiary/aromatic N) is 1. The number of halogens is 1. The van der Waals surface area contributed by atoms with Gasteiger partial charge >= 0.3 is 0 Å². The molecule has 1 heterocycles. The highest BCUT2D eigenvalue weighted by Crippen LogP contribution is 2.28. The number of piperidine rings is 1. The van der Waals surface area contributed by atoms with Gasteiger partial charge in [0.15, 0.2) is 0 Å². The highest BCUT2D eigenvalue weighted by molar-refractivity contribution is 6.30. The number of rotatable bonds is 2. The van der Waals surface area contributed by atoms with Gasteiger partial charge in [-0.2, -0.15) is 0 Å². The minimum Gasteiger partial charge on any atom is -0.336 e. The number of benzene rings is 2. The van der Waals surface area contributed by atoms with Crippen LogP contribution < -0.4 is 5.73 Å². The highest BCUT2D eigenvalue weighted by Gasteiger charge is 2.29. The van der Waals surface area contributed by atoms with Crippen LogP contribution in [0.4, 0.5) is 0 Å². The van der Waals surface area contributed by atoms with Gasteiger partial charge in [-0.15, -0.1) is 0 Å². The third-order valence-electron chi connectivity index (χ3n) is 4.13. The molecule has 2 aromatic carbocycles. The number of carbonyl (C=O) groups is 1. The zero-order valence-corrected chi connectivity index (χ0v) is 13.0. The fourth-order valence-corrected chi connectivity index (χ4v) is 3.17. The maximum Gasteiger partial charge on any atom is 0.253 e. The quantitative estimate of drug-likeness (QED) is 0.924.